The zero-order valence-corrected chi connectivity index (χ0v) is 6.64. The summed E-state index contributed by atoms with van der Waals surface area (Å²) in [5.41, 5.74) is 5.16. The van der Waals surface area contributed by atoms with Crippen LogP contribution >= 0.6 is 11.6 Å². The van der Waals surface area contributed by atoms with Crippen molar-refractivity contribution in [2.24, 2.45) is 5.73 Å². The topological polar surface area (TPSA) is 39.2 Å². The van der Waals surface area contributed by atoms with E-state index in [1.165, 1.54) is 12.1 Å². The molecule has 1 heterocycles. The second-order valence-electron chi connectivity index (χ2n) is 2.19. The lowest BCUT2D eigenvalue weighted by Crippen LogP contribution is -2.02. The van der Waals surface area contributed by atoms with E-state index in [2.05, 4.69) is 0 Å². The summed E-state index contributed by atoms with van der Waals surface area (Å²) in [5, 5.41) is 0.208. The highest BCUT2D eigenvalue weighted by atomic mass is 35.5. The van der Waals surface area contributed by atoms with Crippen LogP contribution in [0.4, 0.5) is 4.39 Å². The van der Waals surface area contributed by atoms with E-state index in [1.807, 2.05) is 0 Å². The van der Waals surface area contributed by atoms with Crippen LogP contribution in [0.5, 0.6) is 0 Å². The third-order valence-electron chi connectivity index (χ3n) is 1.32. The Kier molecular flexibility index (Phi) is 2.91. The van der Waals surface area contributed by atoms with Crippen molar-refractivity contribution in [1.29, 1.82) is 0 Å². The largest absolute Gasteiger partial charge is 0.447 e. The SMILES string of the molecule is NCCC(F)c1ccc(Cl)o1. The lowest BCUT2D eigenvalue weighted by atomic mass is 10.2. The Morgan fingerprint density at radius 1 is 1.64 bits per heavy atom. The smallest absolute Gasteiger partial charge is 0.193 e. The quantitative estimate of drug-likeness (QED) is 0.770. The first kappa shape index (κ1) is 8.56. The van der Waals surface area contributed by atoms with Gasteiger partial charge in [-0.15, -0.1) is 0 Å². The molecule has 0 saturated heterocycles. The lowest BCUT2D eigenvalue weighted by Gasteiger charge is -2.00. The zero-order valence-electron chi connectivity index (χ0n) is 5.89. The van der Waals surface area contributed by atoms with Crippen LogP contribution in [0.1, 0.15) is 18.4 Å². The summed E-state index contributed by atoms with van der Waals surface area (Å²) in [6.45, 7) is 0.305. The maximum Gasteiger partial charge on any atom is 0.193 e. The molecule has 4 heteroatoms. The van der Waals surface area contributed by atoms with E-state index >= 15 is 0 Å². The molecule has 1 aromatic heterocycles. The van der Waals surface area contributed by atoms with E-state index in [0.717, 1.165) is 0 Å². The third-order valence-corrected chi connectivity index (χ3v) is 1.53. The number of furan rings is 1. The number of nitrogens with two attached hydrogens (primary N) is 1. The molecule has 0 aliphatic carbocycles. The number of hydrogen-bond acceptors (Lipinski definition) is 2. The van der Waals surface area contributed by atoms with E-state index in [0.29, 0.717) is 6.54 Å². The number of alkyl halides is 1. The van der Waals surface area contributed by atoms with E-state index in [1.54, 1.807) is 0 Å². The van der Waals surface area contributed by atoms with Crippen LogP contribution in [0.15, 0.2) is 16.5 Å². The molecule has 0 bridgehead atoms. The fourth-order valence-electron chi connectivity index (χ4n) is 0.785. The van der Waals surface area contributed by atoms with Crippen molar-refractivity contribution in [2.45, 2.75) is 12.6 Å². The minimum atomic E-state index is -1.13. The average molecular weight is 178 g/mol. The van der Waals surface area contributed by atoms with Gasteiger partial charge in [-0.2, -0.15) is 0 Å². The Labute approximate surface area is 69.1 Å². The molecule has 0 saturated carbocycles. The average Bonchev–Trinajstić information content (AvgIpc) is 2.36. The van der Waals surface area contributed by atoms with Gasteiger partial charge in [0.25, 0.3) is 0 Å². The molecule has 1 atom stereocenters. The number of halogens is 2. The molecule has 2 nitrogen and oxygen atoms in total. The molecule has 0 aliphatic rings. The van der Waals surface area contributed by atoms with Crippen molar-refractivity contribution in [2.75, 3.05) is 6.54 Å². The first-order chi connectivity index (χ1) is 5.24. The highest BCUT2D eigenvalue weighted by Crippen LogP contribution is 2.24. The fourth-order valence-corrected chi connectivity index (χ4v) is 0.937. The first-order valence-corrected chi connectivity index (χ1v) is 3.71. The van der Waals surface area contributed by atoms with E-state index < -0.39 is 6.17 Å². The standard InChI is InChI=1S/C7H9ClFNO/c8-7-2-1-6(11-7)5(9)3-4-10/h1-2,5H,3-4,10H2. The summed E-state index contributed by atoms with van der Waals surface area (Å²) in [5.74, 6) is 0.250. The molecule has 0 aromatic carbocycles. The Hall–Kier alpha value is -0.540. The molecule has 1 rings (SSSR count). The second kappa shape index (κ2) is 3.74. The molecule has 1 aromatic rings. The van der Waals surface area contributed by atoms with Gasteiger partial charge in [0.2, 0.25) is 0 Å². The van der Waals surface area contributed by atoms with Gasteiger partial charge >= 0.3 is 0 Å². The summed E-state index contributed by atoms with van der Waals surface area (Å²) < 4.78 is 17.7. The minimum Gasteiger partial charge on any atom is -0.447 e. The molecule has 0 amide bonds. The van der Waals surface area contributed by atoms with Crippen LogP contribution in [0.3, 0.4) is 0 Å². The maximum atomic E-state index is 12.9. The molecule has 2 N–H and O–H groups in total. The summed E-state index contributed by atoms with van der Waals surface area (Å²) in [6.07, 6.45) is -0.864. The van der Waals surface area contributed by atoms with Crippen LogP contribution in [0.2, 0.25) is 5.22 Å². The Morgan fingerprint density at radius 2 is 2.36 bits per heavy atom. The van der Waals surface area contributed by atoms with Crippen molar-refractivity contribution in [3.05, 3.63) is 23.1 Å². The molecular weight excluding hydrogens is 169 g/mol. The number of hydrogen-bond donors (Lipinski definition) is 1. The molecular formula is C7H9ClFNO. The molecule has 0 fully saturated rings. The van der Waals surface area contributed by atoms with E-state index in [9.17, 15) is 4.39 Å². The van der Waals surface area contributed by atoms with Gasteiger partial charge in [0.1, 0.15) is 5.76 Å². The van der Waals surface area contributed by atoms with E-state index in [4.69, 9.17) is 21.8 Å². The number of rotatable bonds is 3. The van der Waals surface area contributed by atoms with Crippen LogP contribution in [0, 0.1) is 0 Å². The van der Waals surface area contributed by atoms with Crippen molar-refractivity contribution in [3.8, 4) is 0 Å². The van der Waals surface area contributed by atoms with Gasteiger partial charge in [0, 0.05) is 0 Å². The first-order valence-electron chi connectivity index (χ1n) is 3.33. The van der Waals surface area contributed by atoms with Crippen molar-refractivity contribution >= 4 is 11.6 Å². The molecule has 1 unspecified atom stereocenters. The third kappa shape index (κ3) is 2.20. The second-order valence-corrected chi connectivity index (χ2v) is 2.56. The molecule has 11 heavy (non-hydrogen) atoms. The summed E-state index contributed by atoms with van der Waals surface area (Å²) >= 11 is 5.44. The zero-order chi connectivity index (χ0) is 8.27. The van der Waals surface area contributed by atoms with Crippen LogP contribution in [-0.4, -0.2) is 6.54 Å². The Balaban J connectivity index is 2.60. The molecule has 0 aliphatic heterocycles. The van der Waals surface area contributed by atoms with Crippen molar-refractivity contribution < 1.29 is 8.81 Å². The van der Waals surface area contributed by atoms with Gasteiger partial charge in [-0.1, -0.05) is 0 Å². The van der Waals surface area contributed by atoms with Crippen molar-refractivity contribution in [3.63, 3.8) is 0 Å². The monoisotopic (exact) mass is 177 g/mol. The van der Waals surface area contributed by atoms with Gasteiger partial charge in [0.15, 0.2) is 11.4 Å². The van der Waals surface area contributed by atoms with Gasteiger partial charge in [0.05, 0.1) is 0 Å². The van der Waals surface area contributed by atoms with E-state index in [-0.39, 0.29) is 17.4 Å². The van der Waals surface area contributed by atoms with Crippen LogP contribution < -0.4 is 5.73 Å². The fraction of sp³-hybridized carbons (Fsp3) is 0.429. The molecule has 62 valence electrons. The maximum absolute atomic E-state index is 12.9. The minimum absolute atomic E-state index is 0.208. The normalized spacial score (nSPS) is 13.4. The van der Waals surface area contributed by atoms with Gasteiger partial charge in [-0.25, -0.2) is 4.39 Å². The highest BCUT2D eigenvalue weighted by Gasteiger charge is 2.12. The predicted molar refractivity (Wildman–Crippen MR) is 41.2 cm³/mol. The highest BCUT2D eigenvalue weighted by molar-refractivity contribution is 6.28. The predicted octanol–water partition coefficient (Wildman–Crippen LogP) is 2.29. The summed E-state index contributed by atoms with van der Waals surface area (Å²) in [6, 6.07) is 3.03. The van der Waals surface area contributed by atoms with Gasteiger partial charge in [-0.3, -0.25) is 0 Å². The van der Waals surface area contributed by atoms with Crippen LogP contribution in [0.25, 0.3) is 0 Å². The lowest BCUT2D eigenvalue weighted by molar-refractivity contribution is 0.275. The van der Waals surface area contributed by atoms with Gasteiger partial charge in [-0.05, 0) is 36.7 Å². The van der Waals surface area contributed by atoms with Crippen LogP contribution in [-0.2, 0) is 0 Å². The Morgan fingerprint density at radius 3 is 2.82 bits per heavy atom. The van der Waals surface area contributed by atoms with Gasteiger partial charge < -0.3 is 10.2 Å². The molecule has 0 radical (unpaired) electrons. The summed E-state index contributed by atoms with van der Waals surface area (Å²) in [4.78, 5) is 0. The summed E-state index contributed by atoms with van der Waals surface area (Å²) in [7, 11) is 0. The Bertz CT molecular complexity index is 226. The van der Waals surface area contributed by atoms with Crippen molar-refractivity contribution in [1.82, 2.24) is 0 Å². The molecule has 0 spiro atoms.